The van der Waals surface area contributed by atoms with Crippen LogP contribution in [0.3, 0.4) is 0 Å². The molecule has 0 N–H and O–H groups in total. The lowest BCUT2D eigenvalue weighted by Gasteiger charge is -2.28. The zero-order valence-corrected chi connectivity index (χ0v) is 19.7. The van der Waals surface area contributed by atoms with E-state index in [0.29, 0.717) is 0 Å². The molecule has 0 radical (unpaired) electrons. The predicted octanol–water partition coefficient (Wildman–Crippen LogP) is 6.31. The summed E-state index contributed by atoms with van der Waals surface area (Å²) in [5, 5.41) is 0. The summed E-state index contributed by atoms with van der Waals surface area (Å²) in [7, 11) is 4.34. The molecule has 0 rings (SSSR count). The highest BCUT2D eigenvalue weighted by molar-refractivity contribution is 5.75. The molecule has 0 bridgehead atoms. The van der Waals surface area contributed by atoms with Crippen molar-refractivity contribution in [1.82, 2.24) is 9.80 Å². The molecule has 0 aromatic rings. The van der Waals surface area contributed by atoms with Gasteiger partial charge in [-0.05, 0) is 12.8 Å². The normalized spacial score (nSPS) is 10.6. The fourth-order valence-corrected chi connectivity index (χ4v) is 3.79. The molecule has 0 aromatic heterocycles. The van der Waals surface area contributed by atoms with Gasteiger partial charge in [-0.3, -0.25) is 14.4 Å². The van der Waals surface area contributed by atoms with Crippen LogP contribution in [0.2, 0.25) is 0 Å². The largest absolute Gasteiger partial charge is 0.350 e. The zero-order chi connectivity index (χ0) is 21.0. The van der Waals surface area contributed by atoms with E-state index in [1.54, 1.807) is 0 Å². The van der Waals surface area contributed by atoms with Gasteiger partial charge in [0.1, 0.15) is 0 Å². The number of hydrogen-bond donors (Lipinski definition) is 0. The van der Waals surface area contributed by atoms with Gasteiger partial charge in [0.15, 0.2) is 0 Å². The Kier molecular flexibility index (Phi) is 18.2. The highest BCUT2D eigenvalue weighted by atomic mass is 15.4. The van der Waals surface area contributed by atoms with Crippen molar-refractivity contribution >= 4 is 5.96 Å². The van der Waals surface area contributed by atoms with Gasteiger partial charge in [-0.1, -0.05) is 103 Å². The van der Waals surface area contributed by atoms with Gasteiger partial charge in [-0.15, -0.1) is 0 Å². The molecule has 0 spiro atoms. The third-order valence-electron chi connectivity index (χ3n) is 5.23. The van der Waals surface area contributed by atoms with Crippen LogP contribution in [0.15, 0.2) is 25.3 Å². The van der Waals surface area contributed by atoms with Crippen LogP contribution < -0.4 is 0 Å². The number of hydrogen-bond acceptors (Lipinski definition) is 0. The molecule has 28 heavy (non-hydrogen) atoms. The van der Waals surface area contributed by atoms with Gasteiger partial charge in [0, 0.05) is 0 Å². The van der Waals surface area contributed by atoms with Gasteiger partial charge in [-0.2, -0.15) is 0 Å². The van der Waals surface area contributed by atoms with E-state index < -0.39 is 0 Å². The molecule has 0 atom stereocenters. The SMILES string of the molecule is C=CCN(CCCCCCCC)C(N(CC=C)CCCCCCCC)=[N+](C)C. The Morgan fingerprint density at radius 2 is 1.00 bits per heavy atom. The molecule has 0 unspecified atom stereocenters. The fourth-order valence-electron chi connectivity index (χ4n) is 3.79. The van der Waals surface area contributed by atoms with E-state index in [1.807, 2.05) is 12.2 Å². The van der Waals surface area contributed by atoms with Crippen molar-refractivity contribution in [3.63, 3.8) is 0 Å². The van der Waals surface area contributed by atoms with Crippen molar-refractivity contribution in [3.8, 4) is 0 Å². The van der Waals surface area contributed by atoms with Crippen molar-refractivity contribution in [2.75, 3.05) is 40.3 Å². The first-order chi connectivity index (χ1) is 13.6. The van der Waals surface area contributed by atoms with Crippen LogP contribution in [0, 0.1) is 0 Å². The van der Waals surface area contributed by atoms with E-state index in [-0.39, 0.29) is 0 Å². The Labute approximate surface area is 177 Å². The Hall–Kier alpha value is -1.25. The Morgan fingerprint density at radius 3 is 1.32 bits per heavy atom. The second-order valence-electron chi connectivity index (χ2n) is 8.20. The number of nitrogens with zero attached hydrogens (tertiary/aromatic N) is 3. The molecule has 3 heteroatoms. The first kappa shape index (κ1) is 26.8. The van der Waals surface area contributed by atoms with Gasteiger partial charge in [0.2, 0.25) is 0 Å². The first-order valence-electron chi connectivity index (χ1n) is 11.9. The highest BCUT2D eigenvalue weighted by Gasteiger charge is 2.25. The smallest absolute Gasteiger partial charge is 0.270 e. The maximum atomic E-state index is 4.01. The molecule has 0 aliphatic rings. The first-order valence-corrected chi connectivity index (χ1v) is 11.9. The van der Waals surface area contributed by atoms with Crippen molar-refractivity contribution in [2.24, 2.45) is 0 Å². The lowest BCUT2D eigenvalue weighted by Crippen LogP contribution is -2.49. The van der Waals surface area contributed by atoms with Gasteiger partial charge in [-0.25, -0.2) is 0 Å². The van der Waals surface area contributed by atoms with Crippen LogP contribution in [-0.4, -0.2) is 60.6 Å². The summed E-state index contributed by atoms with van der Waals surface area (Å²) in [5.74, 6) is 1.32. The van der Waals surface area contributed by atoms with Crippen molar-refractivity contribution in [3.05, 3.63) is 25.3 Å². The van der Waals surface area contributed by atoms with Crippen LogP contribution in [0.4, 0.5) is 0 Å². The summed E-state index contributed by atoms with van der Waals surface area (Å²) in [6.45, 7) is 16.6. The Bertz CT molecular complexity index is 378. The zero-order valence-electron chi connectivity index (χ0n) is 19.7. The highest BCUT2D eigenvalue weighted by Crippen LogP contribution is 2.10. The number of guanidine groups is 1. The molecule has 164 valence electrons. The standard InChI is InChI=1S/C25H50N3/c1-7-11-13-15-17-19-23-27(21-9-3)25(26(5)6)28(22-10-4)24-20-18-16-14-12-8-2/h9-10H,3-4,7-8,11-24H2,1-2,5-6H3/q+1. The average molecular weight is 393 g/mol. The number of rotatable bonds is 18. The van der Waals surface area contributed by atoms with Crippen LogP contribution >= 0.6 is 0 Å². The van der Waals surface area contributed by atoms with E-state index >= 15 is 0 Å². The Morgan fingerprint density at radius 1 is 0.643 bits per heavy atom. The van der Waals surface area contributed by atoms with Crippen molar-refractivity contribution in [2.45, 2.75) is 90.9 Å². The summed E-state index contributed by atoms with van der Waals surface area (Å²) in [6, 6.07) is 0. The average Bonchev–Trinajstić information content (AvgIpc) is 2.67. The molecular formula is C25H50N3+. The second-order valence-corrected chi connectivity index (χ2v) is 8.20. The Balaban J connectivity index is 4.79. The van der Waals surface area contributed by atoms with Crippen molar-refractivity contribution in [1.29, 1.82) is 0 Å². The fraction of sp³-hybridized carbons (Fsp3) is 0.800. The van der Waals surface area contributed by atoms with Crippen LogP contribution in [-0.2, 0) is 0 Å². The molecule has 0 aromatic carbocycles. The van der Waals surface area contributed by atoms with Gasteiger partial charge in [0.25, 0.3) is 0 Å². The maximum absolute atomic E-state index is 4.01. The van der Waals surface area contributed by atoms with E-state index in [1.165, 1.54) is 83.0 Å². The van der Waals surface area contributed by atoms with Crippen LogP contribution in [0.5, 0.6) is 0 Å². The van der Waals surface area contributed by atoms with E-state index in [2.05, 4.69) is 55.5 Å². The molecule has 0 aliphatic carbocycles. The molecule has 0 fully saturated rings. The summed E-state index contributed by atoms with van der Waals surface area (Å²) >= 11 is 0. The van der Waals surface area contributed by atoms with Crippen LogP contribution in [0.1, 0.15) is 90.9 Å². The molecule has 0 amide bonds. The third-order valence-corrected chi connectivity index (χ3v) is 5.23. The minimum Gasteiger partial charge on any atom is -0.270 e. The lowest BCUT2D eigenvalue weighted by atomic mass is 10.1. The molecule has 0 aliphatic heterocycles. The molecule has 0 saturated heterocycles. The molecular weight excluding hydrogens is 342 g/mol. The predicted molar refractivity (Wildman–Crippen MR) is 127 cm³/mol. The van der Waals surface area contributed by atoms with Gasteiger partial charge < -0.3 is 0 Å². The third kappa shape index (κ3) is 13.0. The van der Waals surface area contributed by atoms with Crippen molar-refractivity contribution < 1.29 is 4.58 Å². The minimum absolute atomic E-state index is 0.909. The maximum Gasteiger partial charge on any atom is 0.350 e. The topological polar surface area (TPSA) is 9.49 Å². The monoisotopic (exact) mass is 392 g/mol. The summed E-state index contributed by atoms with van der Waals surface area (Å²) in [4.78, 5) is 5.01. The van der Waals surface area contributed by atoms with E-state index in [0.717, 1.165) is 26.2 Å². The van der Waals surface area contributed by atoms with Gasteiger partial charge >= 0.3 is 5.96 Å². The molecule has 0 saturated carbocycles. The quantitative estimate of drug-likeness (QED) is 0.0888. The molecule has 3 nitrogen and oxygen atoms in total. The number of unbranched alkanes of at least 4 members (excludes halogenated alkanes) is 10. The second kappa shape index (κ2) is 19.1. The molecule has 0 heterocycles. The summed E-state index contributed by atoms with van der Waals surface area (Å²) < 4.78 is 2.28. The summed E-state index contributed by atoms with van der Waals surface area (Å²) in [6.07, 6.45) is 20.1. The van der Waals surface area contributed by atoms with Gasteiger partial charge in [0.05, 0.1) is 40.3 Å². The lowest BCUT2D eigenvalue weighted by molar-refractivity contribution is -0.476. The van der Waals surface area contributed by atoms with E-state index in [4.69, 9.17) is 0 Å². The minimum atomic E-state index is 0.909. The van der Waals surface area contributed by atoms with Crippen LogP contribution in [0.25, 0.3) is 0 Å². The van der Waals surface area contributed by atoms with E-state index in [9.17, 15) is 0 Å². The summed E-state index contributed by atoms with van der Waals surface area (Å²) in [5.41, 5.74) is 0.